The molecule has 0 atom stereocenters. The number of aromatic nitrogens is 1. The summed E-state index contributed by atoms with van der Waals surface area (Å²) in [4.78, 5) is 6.99. The predicted octanol–water partition coefficient (Wildman–Crippen LogP) is 4.14. The molecule has 0 aliphatic carbocycles. The van der Waals surface area contributed by atoms with Gasteiger partial charge in [0.15, 0.2) is 0 Å². The van der Waals surface area contributed by atoms with Crippen molar-refractivity contribution in [2.45, 2.75) is 20.3 Å². The molecule has 0 saturated heterocycles. The molecule has 2 rings (SSSR count). The molecule has 0 bridgehead atoms. The summed E-state index contributed by atoms with van der Waals surface area (Å²) in [5.74, 6) is 0.940. The lowest BCUT2D eigenvalue weighted by Crippen LogP contribution is -2.25. The number of rotatable bonds is 7. The third kappa shape index (κ3) is 3.93. The molecule has 0 unspecified atom stereocenters. The molecule has 0 amide bonds. The Bertz CT molecular complexity index is 552. The molecular weight excluding hydrogens is 314 g/mol. The smallest absolute Gasteiger partial charge is 0.127 e. The second-order valence-corrected chi connectivity index (χ2v) is 5.58. The lowest BCUT2D eigenvalue weighted by atomic mass is 10.2. The zero-order valence-electron chi connectivity index (χ0n) is 12.2. The number of hydrogen-bond acceptors (Lipinski definition) is 3. The van der Waals surface area contributed by atoms with E-state index >= 15 is 0 Å². The van der Waals surface area contributed by atoms with Crippen molar-refractivity contribution in [3.63, 3.8) is 0 Å². The maximum atomic E-state index is 4.55. The van der Waals surface area contributed by atoms with Crippen molar-refractivity contribution in [3.05, 3.63) is 34.9 Å². The Morgan fingerprint density at radius 3 is 2.70 bits per heavy atom. The zero-order chi connectivity index (χ0) is 14.4. The van der Waals surface area contributed by atoms with Gasteiger partial charge in [0.1, 0.15) is 10.4 Å². The van der Waals surface area contributed by atoms with Crippen LogP contribution in [0.4, 0.5) is 5.82 Å². The Hall–Kier alpha value is -1.13. The van der Waals surface area contributed by atoms with E-state index in [2.05, 4.69) is 69.2 Å². The molecular formula is C16H22BrN3. The second-order valence-electron chi connectivity index (χ2n) is 4.83. The molecule has 1 aromatic carbocycles. The molecule has 0 fully saturated rings. The van der Waals surface area contributed by atoms with Gasteiger partial charge in [-0.1, -0.05) is 38.1 Å². The van der Waals surface area contributed by atoms with E-state index in [-0.39, 0.29) is 0 Å². The Labute approximate surface area is 129 Å². The van der Waals surface area contributed by atoms with Crippen LogP contribution in [0.1, 0.15) is 20.3 Å². The van der Waals surface area contributed by atoms with Gasteiger partial charge in [-0.25, -0.2) is 4.98 Å². The summed E-state index contributed by atoms with van der Waals surface area (Å²) >= 11 is 3.54. The topological polar surface area (TPSA) is 28.2 Å². The van der Waals surface area contributed by atoms with E-state index in [0.717, 1.165) is 48.4 Å². The van der Waals surface area contributed by atoms with Gasteiger partial charge >= 0.3 is 0 Å². The minimum atomic E-state index is 0.904. The van der Waals surface area contributed by atoms with Crippen LogP contribution in [0.5, 0.6) is 0 Å². The lowest BCUT2D eigenvalue weighted by molar-refractivity contribution is 0.303. The first kappa shape index (κ1) is 15.3. The third-order valence-electron chi connectivity index (χ3n) is 3.55. The van der Waals surface area contributed by atoms with E-state index in [1.165, 1.54) is 5.39 Å². The summed E-state index contributed by atoms with van der Waals surface area (Å²) in [6.07, 6.45) is 1.13. The van der Waals surface area contributed by atoms with Gasteiger partial charge in [0.25, 0.3) is 0 Å². The number of halogens is 1. The van der Waals surface area contributed by atoms with Crippen molar-refractivity contribution in [3.8, 4) is 0 Å². The van der Waals surface area contributed by atoms with E-state index in [4.69, 9.17) is 0 Å². The molecule has 0 aliphatic rings. The van der Waals surface area contributed by atoms with Crippen molar-refractivity contribution in [1.29, 1.82) is 0 Å². The average Bonchev–Trinajstić information content (AvgIpc) is 2.47. The molecule has 0 radical (unpaired) electrons. The summed E-state index contributed by atoms with van der Waals surface area (Å²) in [6, 6.07) is 10.4. The van der Waals surface area contributed by atoms with E-state index in [1.54, 1.807) is 0 Å². The summed E-state index contributed by atoms with van der Waals surface area (Å²) in [7, 11) is 0. The molecule has 1 heterocycles. The Morgan fingerprint density at radius 1 is 1.20 bits per heavy atom. The van der Waals surface area contributed by atoms with E-state index < -0.39 is 0 Å². The maximum absolute atomic E-state index is 4.55. The summed E-state index contributed by atoms with van der Waals surface area (Å²) < 4.78 is 0.904. The highest BCUT2D eigenvalue weighted by molar-refractivity contribution is 9.10. The maximum Gasteiger partial charge on any atom is 0.127 e. The Kier molecular flexibility index (Phi) is 5.80. The fourth-order valence-electron chi connectivity index (χ4n) is 2.31. The van der Waals surface area contributed by atoms with Crippen LogP contribution in [0.25, 0.3) is 10.8 Å². The number of benzene rings is 1. The van der Waals surface area contributed by atoms with Gasteiger partial charge in [-0.2, -0.15) is 0 Å². The van der Waals surface area contributed by atoms with Crippen LogP contribution in [-0.4, -0.2) is 36.1 Å². The summed E-state index contributed by atoms with van der Waals surface area (Å²) in [6.45, 7) is 8.74. The number of nitrogens with one attached hydrogen (secondary N) is 1. The number of pyridine rings is 1. The first-order valence-electron chi connectivity index (χ1n) is 7.26. The quantitative estimate of drug-likeness (QED) is 0.608. The largest absolute Gasteiger partial charge is 0.370 e. The van der Waals surface area contributed by atoms with Crippen LogP contribution in [0.3, 0.4) is 0 Å². The van der Waals surface area contributed by atoms with Gasteiger partial charge in [-0.15, -0.1) is 0 Å². The van der Waals surface area contributed by atoms with Crippen LogP contribution >= 0.6 is 15.9 Å². The molecule has 4 heteroatoms. The first-order chi connectivity index (χ1) is 9.74. The molecule has 1 aromatic heterocycles. The fraction of sp³-hybridized carbons (Fsp3) is 0.438. The second kappa shape index (κ2) is 7.60. The first-order valence-corrected chi connectivity index (χ1v) is 8.05. The average molecular weight is 336 g/mol. The number of nitrogens with zero attached hydrogens (tertiary/aromatic N) is 2. The van der Waals surface area contributed by atoms with Gasteiger partial charge in [-0.3, -0.25) is 0 Å². The van der Waals surface area contributed by atoms with Gasteiger partial charge in [0, 0.05) is 11.9 Å². The predicted molar refractivity (Wildman–Crippen MR) is 90.3 cm³/mol. The number of fused-ring (bicyclic) bond motifs is 1. The number of anilines is 1. The highest BCUT2D eigenvalue weighted by Gasteiger charge is 2.03. The van der Waals surface area contributed by atoms with Crippen molar-refractivity contribution >= 4 is 32.5 Å². The molecule has 108 valence electrons. The van der Waals surface area contributed by atoms with Crippen LogP contribution in [0.15, 0.2) is 34.9 Å². The van der Waals surface area contributed by atoms with E-state index in [1.807, 2.05) is 6.07 Å². The molecule has 0 spiro atoms. The van der Waals surface area contributed by atoms with Crippen molar-refractivity contribution in [2.75, 3.05) is 31.5 Å². The summed E-state index contributed by atoms with van der Waals surface area (Å²) in [5, 5.41) is 5.78. The Morgan fingerprint density at radius 2 is 1.95 bits per heavy atom. The molecule has 1 N–H and O–H groups in total. The van der Waals surface area contributed by atoms with Crippen LogP contribution < -0.4 is 5.32 Å². The highest BCUT2D eigenvalue weighted by atomic mass is 79.9. The van der Waals surface area contributed by atoms with Gasteiger partial charge in [0.2, 0.25) is 0 Å². The molecule has 3 nitrogen and oxygen atoms in total. The van der Waals surface area contributed by atoms with E-state index in [9.17, 15) is 0 Å². The standard InChI is InChI=1S/C16H22BrN3/c1-3-20(4-2)11-7-10-18-15-12-13-8-5-6-9-14(13)16(17)19-15/h5-6,8-9,12H,3-4,7,10-11H2,1-2H3,(H,18,19). The molecule has 2 aromatic rings. The lowest BCUT2D eigenvalue weighted by Gasteiger charge is -2.17. The van der Waals surface area contributed by atoms with Crippen molar-refractivity contribution in [2.24, 2.45) is 0 Å². The molecule has 20 heavy (non-hydrogen) atoms. The summed E-state index contributed by atoms with van der Waals surface area (Å²) in [5.41, 5.74) is 0. The normalized spacial score (nSPS) is 11.2. The highest BCUT2D eigenvalue weighted by Crippen LogP contribution is 2.24. The van der Waals surface area contributed by atoms with Crippen molar-refractivity contribution in [1.82, 2.24) is 9.88 Å². The Balaban J connectivity index is 1.93. The van der Waals surface area contributed by atoms with Gasteiger partial charge in [-0.05, 0) is 53.4 Å². The van der Waals surface area contributed by atoms with E-state index in [0.29, 0.717) is 0 Å². The van der Waals surface area contributed by atoms with Crippen molar-refractivity contribution < 1.29 is 0 Å². The van der Waals surface area contributed by atoms with Crippen LogP contribution in [0, 0.1) is 0 Å². The zero-order valence-corrected chi connectivity index (χ0v) is 13.8. The fourth-order valence-corrected chi connectivity index (χ4v) is 2.86. The van der Waals surface area contributed by atoms with Crippen LogP contribution in [0.2, 0.25) is 0 Å². The number of hydrogen-bond donors (Lipinski definition) is 1. The SMILES string of the molecule is CCN(CC)CCCNc1cc2ccccc2c(Br)n1. The minimum Gasteiger partial charge on any atom is -0.370 e. The monoisotopic (exact) mass is 335 g/mol. The van der Waals surface area contributed by atoms with Crippen LogP contribution in [-0.2, 0) is 0 Å². The minimum absolute atomic E-state index is 0.904. The molecule has 0 saturated carbocycles. The van der Waals surface area contributed by atoms with Gasteiger partial charge in [0.05, 0.1) is 0 Å². The van der Waals surface area contributed by atoms with Gasteiger partial charge < -0.3 is 10.2 Å². The third-order valence-corrected chi connectivity index (χ3v) is 4.15. The molecule has 0 aliphatic heterocycles.